The molecule has 1 heterocycles. The van der Waals surface area contributed by atoms with Crippen molar-refractivity contribution < 1.29 is 14.3 Å². The first kappa shape index (κ1) is 13.5. The van der Waals surface area contributed by atoms with Gasteiger partial charge in [0.25, 0.3) is 0 Å². The van der Waals surface area contributed by atoms with Crippen LogP contribution in [0.15, 0.2) is 0 Å². The van der Waals surface area contributed by atoms with E-state index >= 15 is 0 Å². The molecule has 0 aromatic heterocycles. The monoisotopic (exact) mass is 229 g/mol. The molecular formula is C12H23NO3. The topological polar surface area (TPSA) is 47.6 Å². The van der Waals surface area contributed by atoms with E-state index in [0.29, 0.717) is 25.3 Å². The summed E-state index contributed by atoms with van der Waals surface area (Å²) in [5.74, 6) is -0.224. The maximum atomic E-state index is 11.4. The lowest BCUT2D eigenvalue weighted by Crippen LogP contribution is -2.40. The minimum absolute atomic E-state index is 0.0937. The quantitative estimate of drug-likeness (QED) is 0.698. The lowest BCUT2D eigenvalue weighted by Gasteiger charge is -2.21. The molecule has 0 bridgehead atoms. The Kier molecular flexibility index (Phi) is 5.77. The maximum absolute atomic E-state index is 11.4. The molecule has 1 N–H and O–H groups in total. The highest BCUT2D eigenvalue weighted by Crippen LogP contribution is 2.15. The first-order valence-corrected chi connectivity index (χ1v) is 6.16. The van der Waals surface area contributed by atoms with Gasteiger partial charge in [-0.05, 0) is 26.7 Å². The van der Waals surface area contributed by atoms with Crippen LogP contribution in [0.3, 0.4) is 0 Å². The molecule has 4 heteroatoms. The van der Waals surface area contributed by atoms with Crippen molar-refractivity contribution in [2.45, 2.75) is 45.8 Å². The van der Waals surface area contributed by atoms with Crippen LogP contribution in [0.2, 0.25) is 0 Å². The van der Waals surface area contributed by atoms with Gasteiger partial charge in [0.15, 0.2) is 0 Å². The SMILES string of the molecule is CCOC(=O)C(C)CNC(C)C1CCCO1. The molecule has 3 atom stereocenters. The van der Waals surface area contributed by atoms with Gasteiger partial charge in [-0.2, -0.15) is 0 Å². The largest absolute Gasteiger partial charge is 0.466 e. The van der Waals surface area contributed by atoms with Crippen molar-refractivity contribution in [1.29, 1.82) is 0 Å². The number of rotatable bonds is 6. The van der Waals surface area contributed by atoms with Gasteiger partial charge in [-0.25, -0.2) is 0 Å². The fourth-order valence-corrected chi connectivity index (χ4v) is 1.86. The molecule has 94 valence electrons. The van der Waals surface area contributed by atoms with Gasteiger partial charge in [0.1, 0.15) is 0 Å². The van der Waals surface area contributed by atoms with Crippen molar-refractivity contribution in [3.05, 3.63) is 0 Å². The third kappa shape index (κ3) is 4.10. The highest BCUT2D eigenvalue weighted by molar-refractivity contribution is 5.72. The van der Waals surface area contributed by atoms with E-state index in [4.69, 9.17) is 9.47 Å². The van der Waals surface area contributed by atoms with Crippen molar-refractivity contribution in [3.8, 4) is 0 Å². The zero-order chi connectivity index (χ0) is 12.0. The molecule has 4 nitrogen and oxygen atoms in total. The van der Waals surface area contributed by atoms with E-state index in [1.807, 2.05) is 13.8 Å². The van der Waals surface area contributed by atoms with Gasteiger partial charge < -0.3 is 14.8 Å². The molecule has 0 aromatic rings. The van der Waals surface area contributed by atoms with Crippen molar-refractivity contribution in [1.82, 2.24) is 5.32 Å². The van der Waals surface area contributed by atoms with Crippen LogP contribution >= 0.6 is 0 Å². The molecule has 0 aliphatic carbocycles. The van der Waals surface area contributed by atoms with Gasteiger partial charge in [0.05, 0.1) is 18.6 Å². The van der Waals surface area contributed by atoms with Crippen LogP contribution in [0.4, 0.5) is 0 Å². The third-order valence-electron chi connectivity index (χ3n) is 2.96. The number of ether oxygens (including phenoxy) is 2. The van der Waals surface area contributed by atoms with Crippen molar-refractivity contribution in [3.63, 3.8) is 0 Å². The molecule has 0 aromatic carbocycles. The number of carbonyl (C=O) groups excluding carboxylic acids is 1. The summed E-state index contributed by atoms with van der Waals surface area (Å²) in [6, 6.07) is 0.305. The van der Waals surface area contributed by atoms with E-state index in [-0.39, 0.29) is 11.9 Å². The fraction of sp³-hybridized carbons (Fsp3) is 0.917. The average Bonchev–Trinajstić information content (AvgIpc) is 2.79. The molecule has 3 unspecified atom stereocenters. The molecule has 16 heavy (non-hydrogen) atoms. The fourth-order valence-electron chi connectivity index (χ4n) is 1.86. The second-order valence-electron chi connectivity index (χ2n) is 4.40. The molecule has 1 aliphatic heterocycles. The average molecular weight is 229 g/mol. The van der Waals surface area contributed by atoms with E-state index in [1.54, 1.807) is 0 Å². The molecule has 1 fully saturated rings. The van der Waals surface area contributed by atoms with E-state index in [9.17, 15) is 4.79 Å². The Labute approximate surface area is 97.7 Å². The lowest BCUT2D eigenvalue weighted by atomic mass is 10.1. The standard InChI is InChI=1S/C12H23NO3/c1-4-15-12(14)9(2)8-13-10(3)11-6-5-7-16-11/h9-11,13H,4-8H2,1-3H3. The number of carbonyl (C=O) groups is 1. The Balaban J connectivity index is 2.19. The predicted octanol–water partition coefficient (Wildman–Crippen LogP) is 1.34. The van der Waals surface area contributed by atoms with E-state index < -0.39 is 0 Å². The summed E-state index contributed by atoms with van der Waals surface area (Å²) in [6.07, 6.45) is 2.56. The smallest absolute Gasteiger partial charge is 0.309 e. The molecule has 1 aliphatic rings. The Morgan fingerprint density at radius 2 is 2.31 bits per heavy atom. The number of esters is 1. The Morgan fingerprint density at radius 1 is 1.56 bits per heavy atom. The zero-order valence-corrected chi connectivity index (χ0v) is 10.5. The molecule has 0 radical (unpaired) electrons. The van der Waals surface area contributed by atoms with Gasteiger partial charge in [-0.15, -0.1) is 0 Å². The number of nitrogens with one attached hydrogen (secondary N) is 1. The summed E-state index contributed by atoms with van der Waals surface area (Å²) < 4.78 is 10.5. The molecular weight excluding hydrogens is 206 g/mol. The third-order valence-corrected chi connectivity index (χ3v) is 2.96. The van der Waals surface area contributed by atoms with Crippen LogP contribution in [0.5, 0.6) is 0 Å². The summed E-state index contributed by atoms with van der Waals surface area (Å²) in [6.45, 7) is 7.78. The summed E-state index contributed by atoms with van der Waals surface area (Å²) in [5, 5.41) is 3.34. The summed E-state index contributed by atoms with van der Waals surface area (Å²) in [5.41, 5.74) is 0. The predicted molar refractivity (Wildman–Crippen MR) is 62.2 cm³/mol. The highest BCUT2D eigenvalue weighted by Gasteiger charge is 2.23. The maximum Gasteiger partial charge on any atom is 0.309 e. The highest BCUT2D eigenvalue weighted by atomic mass is 16.5. The summed E-state index contributed by atoms with van der Waals surface area (Å²) in [7, 11) is 0. The van der Waals surface area contributed by atoms with Crippen LogP contribution in [-0.2, 0) is 14.3 Å². The van der Waals surface area contributed by atoms with Crippen LogP contribution in [0.1, 0.15) is 33.6 Å². The molecule has 1 rings (SSSR count). The van der Waals surface area contributed by atoms with Crippen molar-refractivity contribution in [2.75, 3.05) is 19.8 Å². The van der Waals surface area contributed by atoms with E-state index in [1.165, 1.54) is 0 Å². The summed E-state index contributed by atoms with van der Waals surface area (Å²) in [4.78, 5) is 11.4. The molecule has 1 saturated heterocycles. The minimum atomic E-state index is -0.130. The molecule has 0 saturated carbocycles. The van der Waals surface area contributed by atoms with E-state index in [2.05, 4.69) is 12.2 Å². The Morgan fingerprint density at radius 3 is 2.88 bits per heavy atom. The zero-order valence-electron chi connectivity index (χ0n) is 10.5. The van der Waals surface area contributed by atoms with E-state index in [0.717, 1.165) is 19.4 Å². The normalized spacial score (nSPS) is 24.1. The van der Waals surface area contributed by atoms with Crippen molar-refractivity contribution >= 4 is 5.97 Å². The van der Waals surface area contributed by atoms with Gasteiger partial charge >= 0.3 is 5.97 Å². The van der Waals surface area contributed by atoms with Crippen LogP contribution < -0.4 is 5.32 Å². The van der Waals surface area contributed by atoms with Crippen LogP contribution in [0.25, 0.3) is 0 Å². The van der Waals surface area contributed by atoms with Gasteiger partial charge in [-0.3, -0.25) is 4.79 Å². The number of hydrogen-bond acceptors (Lipinski definition) is 4. The van der Waals surface area contributed by atoms with Crippen LogP contribution in [0, 0.1) is 5.92 Å². The summed E-state index contributed by atoms with van der Waals surface area (Å²) >= 11 is 0. The van der Waals surface area contributed by atoms with Crippen molar-refractivity contribution in [2.24, 2.45) is 5.92 Å². The first-order valence-electron chi connectivity index (χ1n) is 6.16. The Hall–Kier alpha value is -0.610. The minimum Gasteiger partial charge on any atom is -0.466 e. The second kappa shape index (κ2) is 6.86. The van der Waals surface area contributed by atoms with Crippen LogP contribution in [-0.4, -0.2) is 37.9 Å². The lowest BCUT2D eigenvalue weighted by molar-refractivity contribution is -0.147. The van der Waals surface area contributed by atoms with Gasteiger partial charge in [0.2, 0.25) is 0 Å². The second-order valence-corrected chi connectivity index (χ2v) is 4.40. The van der Waals surface area contributed by atoms with Gasteiger partial charge in [-0.1, -0.05) is 6.92 Å². The molecule has 0 spiro atoms. The number of hydrogen-bond donors (Lipinski definition) is 1. The van der Waals surface area contributed by atoms with Gasteiger partial charge in [0, 0.05) is 19.2 Å². The molecule has 0 amide bonds. The Bertz CT molecular complexity index is 214. The first-order chi connectivity index (χ1) is 7.65.